The number of hydrogen-bond acceptors (Lipinski definition) is 4. The van der Waals surface area contributed by atoms with Crippen molar-refractivity contribution in [3.05, 3.63) is 58.3 Å². The first kappa shape index (κ1) is 14.3. The highest BCUT2D eigenvalue weighted by atomic mass is 32.1. The molecular formula is C19H14O2S2. The minimum Gasteiger partial charge on any atom is -0.507 e. The number of ether oxygens (including phenoxy) is 1. The summed E-state index contributed by atoms with van der Waals surface area (Å²) < 4.78 is 7.78. The van der Waals surface area contributed by atoms with E-state index in [1.165, 1.54) is 4.70 Å². The maximum Gasteiger partial charge on any atom is 0.128 e. The van der Waals surface area contributed by atoms with Crippen LogP contribution in [0, 0.1) is 0 Å². The molecule has 2 nitrogen and oxygen atoms in total. The standard InChI is InChI=1S/C19H14O2S2/c1-21-17-9-13(11-19-15(17)5-7-23-19)3-2-12-8-16(20)14-4-6-22-18(14)10-12/h2-11,20H,1H3/b3-2+. The summed E-state index contributed by atoms with van der Waals surface area (Å²) in [4.78, 5) is 0. The van der Waals surface area contributed by atoms with Gasteiger partial charge in [-0.2, -0.15) is 0 Å². The van der Waals surface area contributed by atoms with Gasteiger partial charge in [0.05, 0.1) is 7.11 Å². The third kappa shape index (κ3) is 2.60. The summed E-state index contributed by atoms with van der Waals surface area (Å²) in [5.41, 5.74) is 2.07. The van der Waals surface area contributed by atoms with E-state index < -0.39 is 0 Å². The van der Waals surface area contributed by atoms with Gasteiger partial charge in [-0.05, 0) is 58.3 Å². The molecule has 23 heavy (non-hydrogen) atoms. The molecule has 0 spiro atoms. The van der Waals surface area contributed by atoms with Gasteiger partial charge in [-0.25, -0.2) is 0 Å². The maximum absolute atomic E-state index is 10.1. The Kier molecular flexibility index (Phi) is 3.56. The molecule has 1 N–H and O–H groups in total. The predicted molar refractivity (Wildman–Crippen MR) is 101 cm³/mol. The first-order valence-electron chi connectivity index (χ1n) is 7.18. The number of phenols is 1. The van der Waals surface area contributed by atoms with Crippen molar-refractivity contribution in [3.63, 3.8) is 0 Å². The second-order valence-corrected chi connectivity index (χ2v) is 7.16. The summed E-state index contributed by atoms with van der Waals surface area (Å²) in [6.45, 7) is 0. The molecule has 0 aliphatic carbocycles. The number of thiophene rings is 2. The van der Waals surface area contributed by atoms with Gasteiger partial charge >= 0.3 is 0 Å². The zero-order valence-corrected chi connectivity index (χ0v) is 14.1. The molecule has 4 heteroatoms. The van der Waals surface area contributed by atoms with Gasteiger partial charge in [0.25, 0.3) is 0 Å². The fourth-order valence-corrected chi connectivity index (χ4v) is 4.39. The van der Waals surface area contributed by atoms with Crippen molar-refractivity contribution in [2.45, 2.75) is 0 Å². The smallest absolute Gasteiger partial charge is 0.128 e. The van der Waals surface area contributed by atoms with Crippen molar-refractivity contribution in [2.24, 2.45) is 0 Å². The van der Waals surface area contributed by atoms with Crippen LogP contribution in [-0.2, 0) is 0 Å². The molecule has 0 bridgehead atoms. The Bertz CT molecular complexity index is 1020. The number of hydrogen-bond donors (Lipinski definition) is 1. The Morgan fingerprint density at radius 3 is 2.17 bits per heavy atom. The lowest BCUT2D eigenvalue weighted by atomic mass is 10.1. The van der Waals surface area contributed by atoms with Crippen LogP contribution in [0.4, 0.5) is 0 Å². The number of fused-ring (bicyclic) bond motifs is 2. The van der Waals surface area contributed by atoms with Gasteiger partial charge in [0.2, 0.25) is 0 Å². The third-order valence-electron chi connectivity index (χ3n) is 3.82. The van der Waals surface area contributed by atoms with Gasteiger partial charge in [-0.1, -0.05) is 12.2 Å². The van der Waals surface area contributed by atoms with Crippen LogP contribution in [0.5, 0.6) is 11.5 Å². The number of aromatic hydroxyl groups is 1. The average molecular weight is 338 g/mol. The molecule has 0 unspecified atom stereocenters. The first-order valence-corrected chi connectivity index (χ1v) is 8.94. The zero-order valence-electron chi connectivity index (χ0n) is 12.4. The molecule has 0 saturated heterocycles. The van der Waals surface area contributed by atoms with E-state index in [-0.39, 0.29) is 0 Å². The molecule has 0 atom stereocenters. The third-order valence-corrected chi connectivity index (χ3v) is 5.54. The second kappa shape index (κ2) is 5.72. The van der Waals surface area contributed by atoms with E-state index in [1.807, 2.05) is 23.6 Å². The summed E-state index contributed by atoms with van der Waals surface area (Å²) in [6.07, 6.45) is 4.07. The van der Waals surface area contributed by atoms with Crippen molar-refractivity contribution in [1.29, 1.82) is 0 Å². The number of rotatable bonds is 3. The zero-order chi connectivity index (χ0) is 15.8. The summed E-state index contributed by atoms with van der Waals surface area (Å²) in [5, 5.41) is 16.2. The normalized spacial score (nSPS) is 11.7. The van der Waals surface area contributed by atoms with Crippen molar-refractivity contribution in [1.82, 2.24) is 0 Å². The van der Waals surface area contributed by atoms with Crippen LogP contribution in [0.15, 0.2) is 47.2 Å². The second-order valence-electron chi connectivity index (χ2n) is 5.26. The molecule has 4 aromatic rings. The van der Waals surface area contributed by atoms with Gasteiger partial charge in [-0.15, -0.1) is 22.7 Å². The quantitative estimate of drug-likeness (QED) is 0.464. The monoisotopic (exact) mass is 338 g/mol. The van der Waals surface area contributed by atoms with E-state index >= 15 is 0 Å². The van der Waals surface area contributed by atoms with Gasteiger partial charge in [0, 0.05) is 20.2 Å². The molecule has 2 aromatic heterocycles. The Morgan fingerprint density at radius 2 is 1.48 bits per heavy atom. The molecule has 2 heterocycles. The van der Waals surface area contributed by atoms with Crippen molar-refractivity contribution >= 4 is 55.0 Å². The Labute approximate surface area is 141 Å². The molecule has 0 aliphatic heterocycles. The van der Waals surface area contributed by atoms with Crippen LogP contribution in [-0.4, -0.2) is 12.2 Å². The largest absolute Gasteiger partial charge is 0.507 e. The van der Waals surface area contributed by atoms with E-state index in [0.717, 1.165) is 32.3 Å². The highest BCUT2D eigenvalue weighted by molar-refractivity contribution is 7.17. The summed E-state index contributed by atoms with van der Waals surface area (Å²) in [5.74, 6) is 1.22. The fourth-order valence-electron chi connectivity index (χ4n) is 2.69. The molecular weight excluding hydrogens is 324 g/mol. The van der Waals surface area contributed by atoms with Crippen molar-refractivity contribution in [2.75, 3.05) is 7.11 Å². The Hall–Kier alpha value is -2.30. The van der Waals surface area contributed by atoms with Crippen LogP contribution in [0.3, 0.4) is 0 Å². The molecule has 4 rings (SSSR count). The molecule has 2 aromatic carbocycles. The summed E-state index contributed by atoms with van der Waals surface area (Å²) >= 11 is 3.34. The fraction of sp³-hybridized carbons (Fsp3) is 0.0526. The van der Waals surface area contributed by atoms with Crippen LogP contribution in [0.2, 0.25) is 0 Å². The molecule has 0 amide bonds. The number of phenolic OH excluding ortho intramolecular Hbond substituents is 1. The highest BCUT2D eigenvalue weighted by Gasteiger charge is 2.05. The Morgan fingerprint density at radius 1 is 0.870 bits per heavy atom. The maximum atomic E-state index is 10.1. The van der Waals surface area contributed by atoms with Gasteiger partial charge in [0.1, 0.15) is 11.5 Å². The van der Waals surface area contributed by atoms with E-state index in [1.54, 1.807) is 35.8 Å². The molecule has 114 valence electrons. The summed E-state index contributed by atoms with van der Waals surface area (Å²) in [7, 11) is 1.70. The minimum absolute atomic E-state index is 0.328. The van der Waals surface area contributed by atoms with Crippen LogP contribution in [0.1, 0.15) is 11.1 Å². The van der Waals surface area contributed by atoms with Crippen LogP contribution < -0.4 is 4.74 Å². The lowest BCUT2D eigenvalue weighted by Crippen LogP contribution is -1.84. The van der Waals surface area contributed by atoms with E-state index in [2.05, 4.69) is 29.7 Å². The minimum atomic E-state index is 0.328. The molecule has 0 aliphatic rings. The van der Waals surface area contributed by atoms with Gasteiger partial charge < -0.3 is 9.84 Å². The summed E-state index contributed by atoms with van der Waals surface area (Å²) in [6, 6.07) is 12.1. The number of methoxy groups -OCH3 is 1. The lowest BCUT2D eigenvalue weighted by molar-refractivity contribution is 0.420. The molecule has 0 radical (unpaired) electrons. The van der Waals surface area contributed by atoms with Crippen molar-refractivity contribution in [3.8, 4) is 11.5 Å². The lowest BCUT2D eigenvalue weighted by Gasteiger charge is -2.04. The Balaban J connectivity index is 1.74. The van der Waals surface area contributed by atoms with E-state index in [0.29, 0.717) is 5.75 Å². The molecule has 0 saturated carbocycles. The number of benzene rings is 2. The van der Waals surface area contributed by atoms with Gasteiger partial charge in [0.15, 0.2) is 0 Å². The van der Waals surface area contributed by atoms with Gasteiger partial charge in [-0.3, -0.25) is 0 Å². The van der Waals surface area contributed by atoms with E-state index in [9.17, 15) is 5.11 Å². The molecule has 0 fully saturated rings. The predicted octanol–water partition coefficient (Wildman–Crippen LogP) is 6.00. The van der Waals surface area contributed by atoms with Crippen molar-refractivity contribution < 1.29 is 9.84 Å². The average Bonchev–Trinajstić information content (AvgIpc) is 3.20. The first-order chi connectivity index (χ1) is 11.2. The SMILES string of the molecule is COc1cc(/C=C/c2cc(O)c3ccsc3c2)cc2sccc12. The topological polar surface area (TPSA) is 29.5 Å². The van der Waals surface area contributed by atoms with E-state index in [4.69, 9.17) is 4.74 Å². The highest BCUT2D eigenvalue weighted by Crippen LogP contribution is 2.33. The van der Waals surface area contributed by atoms with Crippen LogP contribution >= 0.6 is 22.7 Å². The van der Waals surface area contributed by atoms with Crippen LogP contribution in [0.25, 0.3) is 32.3 Å².